The van der Waals surface area contributed by atoms with Gasteiger partial charge in [-0.15, -0.1) is 0 Å². The summed E-state index contributed by atoms with van der Waals surface area (Å²) < 4.78 is 16.1. The first-order chi connectivity index (χ1) is 9.28. The van der Waals surface area contributed by atoms with Crippen molar-refractivity contribution in [3.63, 3.8) is 0 Å². The van der Waals surface area contributed by atoms with Gasteiger partial charge in [-0.25, -0.2) is 0 Å². The Labute approximate surface area is 113 Å². The summed E-state index contributed by atoms with van der Waals surface area (Å²) in [4.78, 5) is 0. The molecule has 5 nitrogen and oxygen atoms in total. The van der Waals surface area contributed by atoms with Crippen LogP contribution in [0.4, 0.5) is 0 Å². The summed E-state index contributed by atoms with van der Waals surface area (Å²) in [7, 11) is 3.19. The third-order valence-electron chi connectivity index (χ3n) is 3.03. The molecular formula is C14H21NO4. The van der Waals surface area contributed by atoms with E-state index < -0.39 is 0 Å². The van der Waals surface area contributed by atoms with Crippen LogP contribution in [0.5, 0.6) is 17.2 Å². The van der Waals surface area contributed by atoms with Crippen LogP contribution in [0.1, 0.15) is 18.4 Å². The summed E-state index contributed by atoms with van der Waals surface area (Å²) in [5, 5.41) is 12.3. The number of aliphatic hydroxyl groups excluding tert-OH is 1. The summed E-state index contributed by atoms with van der Waals surface area (Å²) in [5.41, 5.74) is 1.09. The highest BCUT2D eigenvalue weighted by Gasteiger charge is 2.21. The van der Waals surface area contributed by atoms with Crippen LogP contribution in [-0.4, -0.2) is 38.6 Å². The standard InChI is InChI=1S/C14H21NO4/c1-17-12-7-10(9-15-11-3-4-11)8-13(18-2)14(12)19-6-5-16/h7-8,11,15-16H,3-6,9H2,1-2H3. The first kappa shape index (κ1) is 14.0. The zero-order chi connectivity index (χ0) is 13.7. The minimum absolute atomic E-state index is 0.0443. The van der Waals surface area contributed by atoms with Gasteiger partial charge in [-0.2, -0.15) is 0 Å². The molecule has 1 aromatic rings. The number of benzene rings is 1. The van der Waals surface area contributed by atoms with E-state index in [1.807, 2.05) is 12.1 Å². The quantitative estimate of drug-likeness (QED) is 0.744. The van der Waals surface area contributed by atoms with E-state index in [4.69, 9.17) is 19.3 Å². The second-order valence-corrected chi connectivity index (χ2v) is 4.56. The van der Waals surface area contributed by atoms with Gasteiger partial charge in [0.2, 0.25) is 5.75 Å². The molecule has 0 bridgehead atoms. The summed E-state index contributed by atoms with van der Waals surface area (Å²) in [6.45, 7) is 0.960. The van der Waals surface area contributed by atoms with Gasteiger partial charge in [-0.1, -0.05) is 0 Å². The maximum absolute atomic E-state index is 8.84. The van der Waals surface area contributed by atoms with Crippen molar-refractivity contribution in [3.8, 4) is 17.2 Å². The first-order valence-corrected chi connectivity index (χ1v) is 6.50. The van der Waals surface area contributed by atoms with Crippen LogP contribution in [0.3, 0.4) is 0 Å². The average Bonchev–Trinajstić information content (AvgIpc) is 3.26. The normalized spacial score (nSPS) is 14.3. The molecule has 0 atom stereocenters. The maximum atomic E-state index is 8.84. The smallest absolute Gasteiger partial charge is 0.203 e. The Morgan fingerprint density at radius 1 is 1.21 bits per heavy atom. The molecular weight excluding hydrogens is 246 g/mol. The van der Waals surface area contributed by atoms with Crippen molar-refractivity contribution in [2.45, 2.75) is 25.4 Å². The SMILES string of the molecule is COc1cc(CNC2CC2)cc(OC)c1OCCO. The summed E-state index contributed by atoms with van der Waals surface area (Å²) in [6, 6.07) is 4.53. The molecule has 1 aromatic carbocycles. The van der Waals surface area contributed by atoms with E-state index in [1.54, 1.807) is 14.2 Å². The van der Waals surface area contributed by atoms with Crippen LogP contribution in [-0.2, 0) is 6.54 Å². The van der Waals surface area contributed by atoms with Crippen molar-refractivity contribution in [3.05, 3.63) is 17.7 Å². The van der Waals surface area contributed by atoms with Crippen molar-refractivity contribution in [1.82, 2.24) is 5.32 Å². The molecule has 0 spiro atoms. The maximum Gasteiger partial charge on any atom is 0.203 e. The Bertz CT molecular complexity index is 393. The van der Waals surface area contributed by atoms with Crippen LogP contribution in [0.15, 0.2) is 12.1 Å². The lowest BCUT2D eigenvalue weighted by Crippen LogP contribution is -2.15. The average molecular weight is 267 g/mol. The molecule has 0 radical (unpaired) electrons. The van der Waals surface area contributed by atoms with Crippen LogP contribution in [0, 0.1) is 0 Å². The fourth-order valence-corrected chi connectivity index (χ4v) is 1.88. The zero-order valence-corrected chi connectivity index (χ0v) is 11.4. The molecule has 2 rings (SSSR count). The fraction of sp³-hybridized carbons (Fsp3) is 0.571. The lowest BCUT2D eigenvalue weighted by atomic mass is 10.1. The Balaban J connectivity index is 2.16. The van der Waals surface area contributed by atoms with Gasteiger partial charge in [-0.05, 0) is 30.5 Å². The molecule has 106 valence electrons. The molecule has 0 unspecified atom stereocenters. The Kier molecular flexibility index (Phi) is 4.87. The van der Waals surface area contributed by atoms with E-state index in [0.717, 1.165) is 12.1 Å². The van der Waals surface area contributed by atoms with Crippen LogP contribution in [0.25, 0.3) is 0 Å². The van der Waals surface area contributed by atoms with Gasteiger partial charge >= 0.3 is 0 Å². The van der Waals surface area contributed by atoms with E-state index in [1.165, 1.54) is 12.8 Å². The molecule has 2 N–H and O–H groups in total. The van der Waals surface area contributed by atoms with E-state index in [2.05, 4.69) is 5.32 Å². The highest BCUT2D eigenvalue weighted by molar-refractivity contribution is 5.53. The highest BCUT2D eigenvalue weighted by Crippen LogP contribution is 2.38. The van der Waals surface area contributed by atoms with Crippen LogP contribution in [0.2, 0.25) is 0 Å². The van der Waals surface area contributed by atoms with E-state index in [0.29, 0.717) is 23.3 Å². The fourth-order valence-electron chi connectivity index (χ4n) is 1.88. The lowest BCUT2D eigenvalue weighted by Gasteiger charge is -2.16. The first-order valence-electron chi connectivity index (χ1n) is 6.50. The number of aliphatic hydroxyl groups is 1. The summed E-state index contributed by atoms with van der Waals surface area (Å²) in [5.74, 6) is 1.79. The zero-order valence-electron chi connectivity index (χ0n) is 11.4. The lowest BCUT2D eigenvalue weighted by molar-refractivity contribution is 0.191. The summed E-state index contributed by atoms with van der Waals surface area (Å²) >= 11 is 0. The van der Waals surface area contributed by atoms with Crippen LogP contribution >= 0.6 is 0 Å². The van der Waals surface area contributed by atoms with Gasteiger partial charge in [0, 0.05) is 12.6 Å². The molecule has 5 heteroatoms. The molecule has 19 heavy (non-hydrogen) atoms. The third-order valence-corrected chi connectivity index (χ3v) is 3.03. The van der Waals surface area contributed by atoms with Crippen molar-refractivity contribution in [1.29, 1.82) is 0 Å². The number of hydrogen-bond acceptors (Lipinski definition) is 5. The molecule has 0 amide bonds. The van der Waals surface area contributed by atoms with Gasteiger partial charge in [0.1, 0.15) is 6.61 Å². The second kappa shape index (κ2) is 6.63. The van der Waals surface area contributed by atoms with E-state index >= 15 is 0 Å². The van der Waals surface area contributed by atoms with Crippen LogP contribution < -0.4 is 19.5 Å². The predicted octanol–water partition coefficient (Wildman–Crippen LogP) is 1.33. The van der Waals surface area contributed by atoms with Gasteiger partial charge in [0.05, 0.1) is 20.8 Å². The number of ether oxygens (including phenoxy) is 3. The molecule has 1 saturated carbocycles. The number of methoxy groups -OCH3 is 2. The van der Waals surface area contributed by atoms with Crippen molar-refractivity contribution in [2.75, 3.05) is 27.4 Å². The van der Waals surface area contributed by atoms with Crippen molar-refractivity contribution in [2.24, 2.45) is 0 Å². The Morgan fingerprint density at radius 2 is 1.84 bits per heavy atom. The topological polar surface area (TPSA) is 60.0 Å². The molecule has 1 fully saturated rings. The molecule has 1 aliphatic carbocycles. The molecule has 1 aliphatic rings. The number of hydrogen-bond donors (Lipinski definition) is 2. The van der Waals surface area contributed by atoms with Gasteiger partial charge in [0.25, 0.3) is 0 Å². The largest absolute Gasteiger partial charge is 0.493 e. The number of rotatable bonds is 8. The van der Waals surface area contributed by atoms with E-state index in [9.17, 15) is 0 Å². The van der Waals surface area contributed by atoms with Crippen molar-refractivity contribution >= 4 is 0 Å². The minimum Gasteiger partial charge on any atom is -0.493 e. The molecule has 0 heterocycles. The minimum atomic E-state index is -0.0443. The van der Waals surface area contributed by atoms with Gasteiger partial charge < -0.3 is 24.6 Å². The van der Waals surface area contributed by atoms with E-state index in [-0.39, 0.29) is 13.2 Å². The Morgan fingerprint density at radius 3 is 2.32 bits per heavy atom. The van der Waals surface area contributed by atoms with Gasteiger partial charge in [-0.3, -0.25) is 0 Å². The molecule has 0 aliphatic heterocycles. The van der Waals surface area contributed by atoms with Gasteiger partial charge in [0.15, 0.2) is 11.5 Å². The molecule has 0 aromatic heterocycles. The number of nitrogens with one attached hydrogen (secondary N) is 1. The predicted molar refractivity (Wildman–Crippen MR) is 72.0 cm³/mol. The van der Waals surface area contributed by atoms with Crippen molar-refractivity contribution < 1.29 is 19.3 Å². The Hall–Kier alpha value is -1.46. The molecule has 0 saturated heterocycles. The summed E-state index contributed by atoms with van der Waals surface area (Å²) in [6.07, 6.45) is 2.51. The monoisotopic (exact) mass is 267 g/mol. The third kappa shape index (κ3) is 3.75. The highest BCUT2D eigenvalue weighted by atomic mass is 16.5. The second-order valence-electron chi connectivity index (χ2n) is 4.56.